The van der Waals surface area contributed by atoms with E-state index in [2.05, 4.69) is 0 Å². The monoisotopic (exact) mass is 335 g/mol. The lowest BCUT2D eigenvalue weighted by Gasteiger charge is -2.19. The molecule has 4 nitrogen and oxygen atoms in total. The molecule has 0 fully saturated rings. The fourth-order valence-electron chi connectivity index (χ4n) is 2.64. The second-order valence-electron chi connectivity index (χ2n) is 5.21. The summed E-state index contributed by atoms with van der Waals surface area (Å²) in [6.45, 7) is 0.518. The van der Waals surface area contributed by atoms with Crippen LogP contribution < -0.4 is 19.9 Å². The third-order valence-corrected chi connectivity index (χ3v) is 4.08. The Labute approximate surface area is 142 Å². The molecule has 0 aromatic heterocycles. The van der Waals surface area contributed by atoms with Crippen molar-refractivity contribution < 1.29 is 14.2 Å². The van der Waals surface area contributed by atoms with Gasteiger partial charge in [-0.15, -0.1) is 0 Å². The predicted molar refractivity (Wildman–Crippen MR) is 93.0 cm³/mol. The number of hydrogen-bond donors (Lipinski definition) is 1. The molecule has 2 rings (SSSR count). The molecular formula is C18H22ClNO3. The molecule has 0 aliphatic heterocycles. The lowest BCUT2D eigenvalue weighted by molar-refractivity contribution is 0.351. The third kappa shape index (κ3) is 4.09. The third-order valence-electron chi connectivity index (χ3n) is 3.86. The Morgan fingerprint density at radius 2 is 1.70 bits per heavy atom. The summed E-state index contributed by atoms with van der Waals surface area (Å²) < 4.78 is 16.0. The Morgan fingerprint density at radius 1 is 1.00 bits per heavy atom. The van der Waals surface area contributed by atoms with E-state index in [-0.39, 0.29) is 5.92 Å². The van der Waals surface area contributed by atoms with Gasteiger partial charge in [0.05, 0.1) is 21.3 Å². The van der Waals surface area contributed by atoms with Crippen molar-refractivity contribution in [2.24, 2.45) is 5.73 Å². The van der Waals surface area contributed by atoms with Gasteiger partial charge in [0, 0.05) is 22.6 Å². The Balaban J connectivity index is 2.32. The van der Waals surface area contributed by atoms with E-state index in [1.54, 1.807) is 27.4 Å². The first-order valence-electron chi connectivity index (χ1n) is 7.37. The maximum Gasteiger partial charge on any atom is 0.164 e. The van der Waals surface area contributed by atoms with Gasteiger partial charge in [-0.25, -0.2) is 0 Å². The average molecular weight is 336 g/mol. The maximum absolute atomic E-state index is 6.19. The van der Waals surface area contributed by atoms with Gasteiger partial charge in [0.1, 0.15) is 5.75 Å². The van der Waals surface area contributed by atoms with Crippen LogP contribution in [0.3, 0.4) is 0 Å². The summed E-state index contributed by atoms with van der Waals surface area (Å²) in [5.74, 6) is 2.30. The SMILES string of the molecule is COc1ccc(C(CN)Cc2cc(Cl)cc(OC)c2OC)cc1. The van der Waals surface area contributed by atoms with Crippen LogP contribution in [-0.2, 0) is 6.42 Å². The quantitative estimate of drug-likeness (QED) is 0.839. The summed E-state index contributed by atoms with van der Waals surface area (Å²) in [5.41, 5.74) is 8.11. The minimum absolute atomic E-state index is 0.151. The lowest BCUT2D eigenvalue weighted by Crippen LogP contribution is -2.15. The van der Waals surface area contributed by atoms with Crippen LogP contribution in [0.1, 0.15) is 17.0 Å². The van der Waals surface area contributed by atoms with Crippen LogP contribution in [0.4, 0.5) is 0 Å². The van der Waals surface area contributed by atoms with Crippen molar-refractivity contribution in [3.8, 4) is 17.2 Å². The summed E-state index contributed by atoms with van der Waals surface area (Å²) >= 11 is 6.19. The number of rotatable bonds is 7. The summed E-state index contributed by atoms with van der Waals surface area (Å²) in [4.78, 5) is 0. The molecule has 0 saturated heterocycles. The summed E-state index contributed by atoms with van der Waals surface area (Å²) in [6.07, 6.45) is 0.711. The van der Waals surface area contributed by atoms with E-state index in [0.29, 0.717) is 29.5 Å². The molecule has 5 heteroatoms. The zero-order valence-corrected chi connectivity index (χ0v) is 14.4. The van der Waals surface area contributed by atoms with Crippen molar-refractivity contribution in [2.45, 2.75) is 12.3 Å². The first-order valence-corrected chi connectivity index (χ1v) is 7.75. The second kappa shape index (κ2) is 8.09. The number of hydrogen-bond acceptors (Lipinski definition) is 4. The summed E-state index contributed by atoms with van der Waals surface area (Å²) in [5, 5.41) is 0.614. The zero-order chi connectivity index (χ0) is 16.8. The largest absolute Gasteiger partial charge is 0.497 e. The smallest absolute Gasteiger partial charge is 0.164 e. The molecule has 0 amide bonds. The van der Waals surface area contributed by atoms with Crippen LogP contribution in [0.2, 0.25) is 5.02 Å². The zero-order valence-electron chi connectivity index (χ0n) is 13.6. The maximum atomic E-state index is 6.19. The number of nitrogens with two attached hydrogens (primary N) is 1. The van der Waals surface area contributed by atoms with Gasteiger partial charge in [-0.05, 0) is 36.7 Å². The predicted octanol–water partition coefficient (Wildman–Crippen LogP) is 3.65. The molecule has 23 heavy (non-hydrogen) atoms. The van der Waals surface area contributed by atoms with E-state index in [9.17, 15) is 0 Å². The normalized spacial score (nSPS) is 11.9. The van der Waals surface area contributed by atoms with Crippen molar-refractivity contribution in [1.82, 2.24) is 0 Å². The van der Waals surface area contributed by atoms with Crippen LogP contribution in [0.5, 0.6) is 17.2 Å². The molecule has 0 bridgehead atoms. The number of benzene rings is 2. The van der Waals surface area contributed by atoms with Crippen molar-refractivity contribution >= 4 is 11.6 Å². The molecule has 2 aromatic rings. The van der Waals surface area contributed by atoms with Gasteiger partial charge in [-0.3, -0.25) is 0 Å². The Kier molecular flexibility index (Phi) is 6.13. The van der Waals surface area contributed by atoms with Crippen molar-refractivity contribution in [3.05, 3.63) is 52.5 Å². The van der Waals surface area contributed by atoms with Gasteiger partial charge in [-0.2, -0.15) is 0 Å². The standard InChI is InChI=1S/C18H22ClNO3/c1-21-16-6-4-12(5-7-16)14(11-20)8-13-9-15(19)10-17(22-2)18(13)23-3/h4-7,9-10,14H,8,11,20H2,1-3H3. The van der Waals surface area contributed by atoms with Gasteiger partial charge in [0.2, 0.25) is 0 Å². The molecule has 0 aliphatic carbocycles. The summed E-state index contributed by atoms with van der Waals surface area (Å²) in [6, 6.07) is 11.6. The lowest BCUT2D eigenvalue weighted by atomic mass is 9.91. The minimum Gasteiger partial charge on any atom is -0.497 e. The van der Waals surface area contributed by atoms with Crippen LogP contribution in [-0.4, -0.2) is 27.9 Å². The first kappa shape index (κ1) is 17.4. The van der Waals surface area contributed by atoms with E-state index in [1.165, 1.54) is 0 Å². The van der Waals surface area contributed by atoms with Crippen LogP contribution in [0.15, 0.2) is 36.4 Å². The fourth-order valence-corrected chi connectivity index (χ4v) is 2.87. The number of ether oxygens (including phenoxy) is 3. The Bertz CT molecular complexity index is 643. The fraction of sp³-hybridized carbons (Fsp3) is 0.333. The first-order chi connectivity index (χ1) is 11.1. The van der Waals surface area contributed by atoms with Crippen molar-refractivity contribution in [1.29, 1.82) is 0 Å². The highest BCUT2D eigenvalue weighted by Gasteiger charge is 2.17. The van der Waals surface area contributed by atoms with Gasteiger partial charge in [0.25, 0.3) is 0 Å². The molecule has 2 N–H and O–H groups in total. The molecule has 1 atom stereocenters. The molecule has 0 spiro atoms. The highest BCUT2D eigenvalue weighted by Crippen LogP contribution is 2.37. The van der Waals surface area contributed by atoms with E-state index in [1.807, 2.05) is 30.3 Å². The summed E-state index contributed by atoms with van der Waals surface area (Å²) in [7, 11) is 4.88. The van der Waals surface area contributed by atoms with Crippen LogP contribution in [0.25, 0.3) is 0 Å². The Hall–Kier alpha value is -1.91. The van der Waals surface area contributed by atoms with E-state index < -0.39 is 0 Å². The molecular weight excluding hydrogens is 314 g/mol. The number of halogens is 1. The van der Waals surface area contributed by atoms with Crippen LogP contribution in [0, 0.1) is 0 Å². The Morgan fingerprint density at radius 3 is 2.22 bits per heavy atom. The van der Waals surface area contributed by atoms with Crippen molar-refractivity contribution in [3.63, 3.8) is 0 Å². The van der Waals surface area contributed by atoms with Crippen molar-refractivity contribution in [2.75, 3.05) is 27.9 Å². The molecule has 0 radical (unpaired) electrons. The molecule has 124 valence electrons. The van der Waals surface area contributed by atoms with Gasteiger partial charge in [0.15, 0.2) is 11.5 Å². The highest BCUT2D eigenvalue weighted by molar-refractivity contribution is 6.30. The molecule has 0 heterocycles. The second-order valence-corrected chi connectivity index (χ2v) is 5.65. The highest BCUT2D eigenvalue weighted by atomic mass is 35.5. The van der Waals surface area contributed by atoms with E-state index >= 15 is 0 Å². The number of methoxy groups -OCH3 is 3. The molecule has 2 aromatic carbocycles. The van der Waals surface area contributed by atoms with Gasteiger partial charge < -0.3 is 19.9 Å². The molecule has 0 saturated carbocycles. The topological polar surface area (TPSA) is 53.7 Å². The van der Waals surface area contributed by atoms with Gasteiger partial charge in [-0.1, -0.05) is 23.7 Å². The van der Waals surface area contributed by atoms with Gasteiger partial charge >= 0.3 is 0 Å². The minimum atomic E-state index is 0.151. The molecule has 0 aliphatic rings. The average Bonchev–Trinajstić information content (AvgIpc) is 2.59. The van der Waals surface area contributed by atoms with E-state index in [4.69, 9.17) is 31.5 Å². The molecule has 1 unspecified atom stereocenters. The van der Waals surface area contributed by atoms with E-state index in [0.717, 1.165) is 16.9 Å². The van der Waals surface area contributed by atoms with Crippen LogP contribution >= 0.6 is 11.6 Å².